The minimum atomic E-state index is -0.674. The van der Waals surface area contributed by atoms with E-state index in [1.807, 2.05) is 0 Å². The SMILES string of the molecule is COc1cccc(NC(=O)CN(C)C(=O)COC(=O)/C=C/c2cccc(Cl)c2)c1. The Morgan fingerprint density at radius 2 is 1.90 bits per heavy atom. The van der Waals surface area contributed by atoms with E-state index in [9.17, 15) is 14.4 Å². The molecule has 0 spiro atoms. The first-order valence-corrected chi connectivity index (χ1v) is 9.03. The highest BCUT2D eigenvalue weighted by atomic mass is 35.5. The predicted molar refractivity (Wildman–Crippen MR) is 111 cm³/mol. The van der Waals surface area contributed by atoms with Crippen LogP contribution in [0.4, 0.5) is 5.69 Å². The lowest BCUT2D eigenvalue weighted by Gasteiger charge is -2.16. The fourth-order valence-corrected chi connectivity index (χ4v) is 2.47. The van der Waals surface area contributed by atoms with Crippen molar-refractivity contribution in [3.05, 3.63) is 65.2 Å². The summed E-state index contributed by atoms with van der Waals surface area (Å²) < 4.78 is 10.00. The van der Waals surface area contributed by atoms with Crippen molar-refractivity contribution in [3.8, 4) is 5.75 Å². The molecular weight excluding hydrogens is 396 g/mol. The van der Waals surface area contributed by atoms with E-state index < -0.39 is 18.5 Å². The molecule has 7 nitrogen and oxygen atoms in total. The number of rotatable bonds is 8. The van der Waals surface area contributed by atoms with Crippen molar-refractivity contribution in [3.63, 3.8) is 0 Å². The predicted octanol–water partition coefficient (Wildman–Crippen LogP) is 3.00. The van der Waals surface area contributed by atoms with Crippen LogP contribution in [0.15, 0.2) is 54.6 Å². The fourth-order valence-electron chi connectivity index (χ4n) is 2.27. The van der Waals surface area contributed by atoms with Gasteiger partial charge in [0.1, 0.15) is 5.75 Å². The third-order valence-electron chi connectivity index (χ3n) is 3.76. The number of carbonyl (C=O) groups excluding carboxylic acids is 3. The Kier molecular flexibility index (Phi) is 8.24. The van der Waals surface area contributed by atoms with Crippen molar-refractivity contribution in [2.75, 3.05) is 32.6 Å². The first-order valence-electron chi connectivity index (χ1n) is 8.65. The first-order chi connectivity index (χ1) is 13.9. The molecule has 0 fully saturated rings. The Bertz CT molecular complexity index is 913. The minimum Gasteiger partial charge on any atom is -0.497 e. The number of ether oxygens (including phenoxy) is 2. The molecule has 0 atom stereocenters. The zero-order valence-electron chi connectivity index (χ0n) is 16.1. The maximum Gasteiger partial charge on any atom is 0.331 e. The van der Waals surface area contributed by atoms with Gasteiger partial charge in [-0.2, -0.15) is 0 Å². The van der Waals surface area contributed by atoms with Gasteiger partial charge in [-0.15, -0.1) is 0 Å². The summed E-state index contributed by atoms with van der Waals surface area (Å²) in [5.41, 5.74) is 1.28. The maximum atomic E-state index is 12.1. The van der Waals surface area contributed by atoms with Crippen LogP contribution in [-0.4, -0.2) is 50.0 Å². The first kappa shape index (κ1) is 22.0. The zero-order chi connectivity index (χ0) is 21.2. The number of halogens is 1. The standard InChI is InChI=1S/C21H21ClN2O5/c1-24(13-19(25)23-17-7-4-8-18(12-17)28-2)20(26)14-29-21(27)10-9-15-5-3-6-16(22)11-15/h3-12H,13-14H2,1-2H3,(H,23,25)/b10-9+. The van der Waals surface area contributed by atoms with Gasteiger partial charge in [-0.3, -0.25) is 9.59 Å². The molecule has 2 amide bonds. The van der Waals surface area contributed by atoms with Crippen LogP contribution in [0.3, 0.4) is 0 Å². The normalized spacial score (nSPS) is 10.4. The molecule has 0 saturated carbocycles. The number of hydrogen-bond acceptors (Lipinski definition) is 5. The van der Waals surface area contributed by atoms with Gasteiger partial charge in [0.2, 0.25) is 5.91 Å². The van der Waals surface area contributed by atoms with Gasteiger partial charge in [0.15, 0.2) is 6.61 Å². The van der Waals surface area contributed by atoms with Crippen molar-refractivity contribution in [1.82, 2.24) is 4.90 Å². The van der Waals surface area contributed by atoms with E-state index >= 15 is 0 Å². The van der Waals surface area contributed by atoms with E-state index in [2.05, 4.69) is 5.32 Å². The van der Waals surface area contributed by atoms with Crippen LogP contribution in [0.25, 0.3) is 6.08 Å². The van der Waals surface area contributed by atoms with E-state index in [0.717, 1.165) is 5.56 Å². The Morgan fingerprint density at radius 1 is 1.14 bits per heavy atom. The van der Waals surface area contributed by atoms with Crippen molar-refractivity contribution >= 4 is 41.1 Å². The molecule has 0 radical (unpaired) electrons. The van der Waals surface area contributed by atoms with E-state index in [4.69, 9.17) is 21.1 Å². The summed E-state index contributed by atoms with van der Waals surface area (Å²) in [4.78, 5) is 37.1. The molecule has 2 rings (SSSR count). The largest absolute Gasteiger partial charge is 0.497 e. The highest BCUT2D eigenvalue weighted by molar-refractivity contribution is 6.30. The molecule has 0 heterocycles. The topological polar surface area (TPSA) is 84.9 Å². The molecule has 0 aliphatic rings. The Balaban J connectivity index is 1.77. The van der Waals surface area contributed by atoms with Gasteiger partial charge in [0, 0.05) is 29.9 Å². The van der Waals surface area contributed by atoms with E-state index in [1.165, 1.54) is 31.2 Å². The molecular formula is C21H21ClN2O5. The number of amides is 2. The van der Waals surface area contributed by atoms with Crippen molar-refractivity contribution in [2.45, 2.75) is 0 Å². The minimum absolute atomic E-state index is 0.189. The molecule has 0 saturated heterocycles. The molecule has 0 bridgehead atoms. The summed E-state index contributed by atoms with van der Waals surface area (Å²) in [6, 6.07) is 13.8. The second-order valence-corrected chi connectivity index (χ2v) is 6.46. The highest BCUT2D eigenvalue weighted by Crippen LogP contribution is 2.16. The number of benzene rings is 2. The molecule has 0 aliphatic carbocycles. The lowest BCUT2D eigenvalue weighted by Crippen LogP contribution is -2.37. The zero-order valence-corrected chi connectivity index (χ0v) is 16.8. The summed E-state index contributed by atoms with van der Waals surface area (Å²) in [5, 5.41) is 3.21. The second kappa shape index (κ2) is 10.9. The Morgan fingerprint density at radius 3 is 2.62 bits per heavy atom. The van der Waals surface area contributed by atoms with Crippen LogP contribution in [-0.2, 0) is 19.1 Å². The second-order valence-electron chi connectivity index (χ2n) is 6.03. The number of carbonyl (C=O) groups is 3. The number of nitrogens with zero attached hydrogens (tertiary/aromatic N) is 1. The number of esters is 1. The van der Waals surface area contributed by atoms with Crippen LogP contribution in [0.2, 0.25) is 5.02 Å². The van der Waals surface area contributed by atoms with E-state index in [1.54, 1.807) is 48.5 Å². The molecule has 0 unspecified atom stereocenters. The van der Waals surface area contributed by atoms with Gasteiger partial charge in [-0.25, -0.2) is 4.79 Å². The molecule has 152 valence electrons. The summed E-state index contributed by atoms with van der Waals surface area (Å²) in [7, 11) is 2.97. The lowest BCUT2D eigenvalue weighted by atomic mass is 10.2. The molecule has 8 heteroatoms. The van der Waals surface area contributed by atoms with Crippen molar-refractivity contribution < 1.29 is 23.9 Å². The summed E-state index contributed by atoms with van der Waals surface area (Å²) in [6.07, 6.45) is 2.73. The quantitative estimate of drug-likeness (QED) is 0.528. The molecule has 2 aromatic rings. The van der Waals surface area contributed by atoms with Gasteiger partial charge >= 0.3 is 5.97 Å². The lowest BCUT2D eigenvalue weighted by molar-refractivity contribution is -0.148. The Hall–Kier alpha value is -3.32. The summed E-state index contributed by atoms with van der Waals surface area (Å²) in [5.74, 6) is -0.964. The number of nitrogens with one attached hydrogen (secondary N) is 1. The van der Waals surface area contributed by atoms with Crippen LogP contribution in [0.1, 0.15) is 5.56 Å². The third-order valence-corrected chi connectivity index (χ3v) is 3.99. The van der Waals surface area contributed by atoms with Crippen molar-refractivity contribution in [2.24, 2.45) is 0 Å². The molecule has 29 heavy (non-hydrogen) atoms. The third kappa shape index (κ3) is 7.67. The summed E-state index contributed by atoms with van der Waals surface area (Å²) in [6.45, 7) is -0.659. The van der Waals surface area contributed by atoms with E-state index in [0.29, 0.717) is 16.5 Å². The Labute approximate surface area is 173 Å². The highest BCUT2D eigenvalue weighted by Gasteiger charge is 2.14. The fraction of sp³-hybridized carbons (Fsp3) is 0.190. The smallest absolute Gasteiger partial charge is 0.331 e. The van der Waals surface area contributed by atoms with Crippen molar-refractivity contribution in [1.29, 1.82) is 0 Å². The van der Waals surface area contributed by atoms with Crippen LogP contribution in [0, 0.1) is 0 Å². The van der Waals surface area contributed by atoms with Crippen LogP contribution >= 0.6 is 11.6 Å². The van der Waals surface area contributed by atoms with Gasteiger partial charge in [0.25, 0.3) is 5.91 Å². The number of likely N-dealkylation sites (N-methyl/N-ethyl adjacent to an activating group) is 1. The number of hydrogen-bond donors (Lipinski definition) is 1. The summed E-state index contributed by atoms with van der Waals surface area (Å²) >= 11 is 5.87. The van der Waals surface area contributed by atoms with Gasteiger partial charge in [0.05, 0.1) is 13.7 Å². The molecule has 0 aromatic heterocycles. The van der Waals surface area contributed by atoms with Gasteiger partial charge < -0.3 is 19.7 Å². The average Bonchev–Trinajstić information content (AvgIpc) is 2.70. The maximum absolute atomic E-state index is 12.1. The number of methoxy groups -OCH3 is 1. The van der Waals surface area contributed by atoms with Gasteiger partial charge in [-0.05, 0) is 35.9 Å². The average molecular weight is 417 g/mol. The molecule has 0 aliphatic heterocycles. The van der Waals surface area contributed by atoms with Crippen LogP contribution < -0.4 is 10.1 Å². The number of anilines is 1. The monoisotopic (exact) mass is 416 g/mol. The molecule has 1 N–H and O–H groups in total. The van der Waals surface area contributed by atoms with Crippen LogP contribution in [0.5, 0.6) is 5.75 Å². The van der Waals surface area contributed by atoms with Gasteiger partial charge in [-0.1, -0.05) is 29.8 Å². The molecule has 2 aromatic carbocycles. The van der Waals surface area contributed by atoms with E-state index in [-0.39, 0.29) is 12.5 Å².